The van der Waals surface area contributed by atoms with Gasteiger partial charge in [-0.15, -0.1) is 0 Å². The van der Waals surface area contributed by atoms with Crippen LogP contribution in [-0.2, 0) is 6.42 Å². The molecule has 0 spiro atoms. The summed E-state index contributed by atoms with van der Waals surface area (Å²) in [7, 11) is 0. The van der Waals surface area contributed by atoms with Crippen molar-refractivity contribution in [2.75, 3.05) is 0 Å². The number of halogens is 2. The van der Waals surface area contributed by atoms with Gasteiger partial charge in [0.25, 0.3) is 0 Å². The first-order valence-electron chi connectivity index (χ1n) is 5.76. The van der Waals surface area contributed by atoms with E-state index in [4.69, 9.17) is 0 Å². The van der Waals surface area contributed by atoms with Gasteiger partial charge in [0.05, 0.1) is 4.47 Å². The van der Waals surface area contributed by atoms with Crippen molar-refractivity contribution in [3.8, 4) is 0 Å². The van der Waals surface area contributed by atoms with E-state index in [-0.39, 0.29) is 5.82 Å². The third-order valence-electron chi connectivity index (χ3n) is 3.13. The summed E-state index contributed by atoms with van der Waals surface area (Å²) in [5.41, 5.74) is 1.05. The fourth-order valence-corrected chi connectivity index (χ4v) is 2.25. The molecule has 1 aliphatic carbocycles. The van der Waals surface area contributed by atoms with Gasteiger partial charge in [-0.1, -0.05) is 13.0 Å². The molecule has 0 aromatic heterocycles. The fraction of sp³-hybridized carbons (Fsp3) is 0.538. The van der Waals surface area contributed by atoms with Crippen LogP contribution < -0.4 is 5.32 Å². The number of hydrogen-bond donors (Lipinski definition) is 1. The van der Waals surface area contributed by atoms with Crippen LogP contribution in [0.4, 0.5) is 4.39 Å². The van der Waals surface area contributed by atoms with E-state index >= 15 is 0 Å². The minimum atomic E-state index is -0.176. The second-order valence-corrected chi connectivity index (χ2v) is 5.69. The average molecular weight is 286 g/mol. The quantitative estimate of drug-likeness (QED) is 0.893. The average Bonchev–Trinajstić information content (AvgIpc) is 2.88. The normalized spacial score (nSPS) is 25.5. The van der Waals surface area contributed by atoms with E-state index in [0.29, 0.717) is 16.6 Å². The third kappa shape index (κ3) is 3.05. The van der Waals surface area contributed by atoms with E-state index in [9.17, 15) is 4.39 Å². The van der Waals surface area contributed by atoms with E-state index < -0.39 is 0 Å². The highest BCUT2D eigenvalue weighted by molar-refractivity contribution is 9.10. The molecular formula is C13H17BrFN. The lowest BCUT2D eigenvalue weighted by Crippen LogP contribution is -2.30. The standard InChI is InChI=1S/C13H17BrFN/c1-8-5-13(8)16-9(2)6-10-3-4-11(14)12(15)7-10/h3-4,7-9,13,16H,5-6H2,1-2H3. The van der Waals surface area contributed by atoms with Crippen molar-refractivity contribution in [1.82, 2.24) is 5.32 Å². The van der Waals surface area contributed by atoms with Crippen LogP contribution in [0.25, 0.3) is 0 Å². The Kier molecular flexibility index (Phi) is 3.65. The van der Waals surface area contributed by atoms with Crippen LogP contribution in [0.2, 0.25) is 0 Å². The first-order chi connectivity index (χ1) is 7.56. The zero-order valence-electron chi connectivity index (χ0n) is 9.63. The fourth-order valence-electron chi connectivity index (χ4n) is 2.00. The summed E-state index contributed by atoms with van der Waals surface area (Å²) in [5.74, 6) is 0.633. The zero-order chi connectivity index (χ0) is 11.7. The van der Waals surface area contributed by atoms with Gasteiger partial charge in [-0.25, -0.2) is 4.39 Å². The molecule has 16 heavy (non-hydrogen) atoms. The Balaban J connectivity index is 1.90. The van der Waals surface area contributed by atoms with Crippen LogP contribution in [0.3, 0.4) is 0 Å². The van der Waals surface area contributed by atoms with E-state index in [1.165, 1.54) is 6.42 Å². The lowest BCUT2D eigenvalue weighted by atomic mass is 10.1. The Bertz CT molecular complexity index is 380. The van der Waals surface area contributed by atoms with E-state index in [1.54, 1.807) is 12.1 Å². The number of benzene rings is 1. The van der Waals surface area contributed by atoms with Gasteiger partial charge in [-0.2, -0.15) is 0 Å². The van der Waals surface area contributed by atoms with Crippen molar-refractivity contribution < 1.29 is 4.39 Å². The Labute approximate surface area is 105 Å². The molecule has 0 bridgehead atoms. The molecule has 3 heteroatoms. The predicted octanol–water partition coefficient (Wildman–Crippen LogP) is 3.52. The second-order valence-electron chi connectivity index (χ2n) is 4.84. The summed E-state index contributed by atoms with van der Waals surface area (Å²) in [5, 5.41) is 3.55. The minimum Gasteiger partial charge on any atom is -0.311 e. The molecule has 3 unspecified atom stereocenters. The number of rotatable bonds is 4. The maximum atomic E-state index is 13.3. The molecule has 1 saturated carbocycles. The van der Waals surface area contributed by atoms with Crippen molar-refractivity contribution in [2.45, 2.75) is 38.8 Å². The van der Waals surface area contributed by atoms with E-state index in [1.807, 2.05) is 6.07 Å². The molecule has 1 nitrogen and oxygen atoms in total. The lowest BCUT2D eigenvalue weighted by Gasteiger charge is -2.13. The van der Waals surface area contributed by atoms with E-state index in [0.717, 1.165) is 17.9 Å². The molecule has 1 aromatic carbocycles. The van der Waals surface area contributed by atoms with Crippen molar-refractivity contribution in [1.29, 1.82) is 0 Å². The molecule has 2 rings (SSSR count). The van der Waals surface area contributed by atoms with Crippen molar-refractivity contribution in [3.63, 3.8) is 0 Å². The predicted molar refractivity (Wildman–Crippen MR) is 68.0 cm³/mol. The van der Waals surface area contributed by atoms with Crippen molar-refractivity contribution in [2.24, 2.45) is 5.92 Å². The third-order valence-corrected chi connectivity index (χ3v) is 3.78. The summed E-state index contributed by atoms with van der Waals surface area (Å²) in [4.78, 5) is 0. The van der Waals surface area contributed by atoms with Crippen molar-refractivity contribution >= 4 is 15.9 Å². The van der Waals surface area contributed by atoms with Gasteiger partial charge < -0.3 is 5.32 Å². The Morgan fingerprint density at radius 3 is 2.81 bits per heavy atom. The highest BCUT2D eigenvalue weighted by Crippen LogP contribution is 2.29. The van der Waals surface area contributed by atoms with E-state index in [2.05, 4.69) is 35.1 Å². The second kappa shape index (κ2) is 4.84. The molecule has 0 radical (unpaired) electrons. The smallest absolute Gasteiger partial charge is 0.137 e. The Hall–Kier alpha value is -0.410. The van der Waals surface area contributed by atoms with Crippen LogP contribution in [-0.4, -0.2) is 12.1 Å². The maximum Gasteiger partial charge on any atom is 0.137 e. The monoisotopic (exact) mass is 285 g/mol. The molecule has 1 aliphatic rings. The number of nitrogens with one attached hydrogen (secondary N) is 1. The largest absolute Gasteiger partial charge is 0.311 e. The van der Waals surface area contributed by atoms with Gasteiger partial charge in [-0.3, -0.25) is 0 Å². The van der Waals surface area contributed by atoms with Gasteiger partial charge in [0.1, 0.15) is 5.82 Å². The van der Waals surface area contributed by atoms with Crippen molar-refractivity contribution in [3.05, 3.63) is 34.1 Å². The summed E-state index contributed by atoms with van der Waals surface area (Å²) in [6, 6.07) is 6.45. The van der Waals surface area contributed by atoms with Gasteiger partial charge in [0.15, 0.2) is 0 Å². The highest BCUT2D eigenvalue weighted by atomic mass is 79.9. The van der Waals surface area contributed by atoms with Crippen LogP contribution in [0.1, 0.15) is 25.8 Å². The first kappa shape index (κ1) is 12.1. The summed E-state index contributed by atoms with van der Waals surface area (Å²) >= 11 is 3.16. The Morgan fingerprint density at radius 1 is 1.56 bits per heavy atom. The summed E-state index contributed by atoms with van der Waals surface area (Å²) in [6.07, 6.45) is 2.16. The molecule has 1 fully saturated rings. The molecular weight excluding hydrogens is 269 g/mol. The topological polar surface area (TPSA) is 12.0 Å². The van der Waals surface area contributed by atoms with Crippen LogP contribution in [0.15, 0.2) is 22.7 Å². The SMILES string of the molecule is CC(Cc1ccc(Br)c(F)c1)NC1CC1C. The van der Waals surface area contributed by atoms with Gasteiger partial charge in [0.2, 0.25) is 0 Å². The molecule has 1 N–H and O–H groups in total. The molecule has 3 atom stereocenters. The summed E-state index contributed by atoms with van der Waals surface area (Å²) in [6.45, 7) is 4.41. The van der Waals surface area contributed by atoms with Gasteiger partial charge in [-0.05, 0) is 59.3 Å². The van der Waals surface area contributed by atoms with Crippen LogP contribution >= 0.6 is 15.9 Å². The van der Waals surface area contributed by atoms with Gasteiger partial charge in [0, 0.05) is 12.1 Å². The zero-order valence-corrected chi connectivity index (χ0v) is 11.2. The minimum absolute atomic E-state index is 0.176. The maximum absolute atomic E-state index is 13.3. The van der Waals surface area contributed by atoms with Gasteiger partial charge >= 0.3 is 0 Å². The molecule has 0 saturated heterocycles. The summed E-state index contributed by atoms with van der Waals surface area (Å²) < 4.78 is 13.8. The molecule has 1 aromatic rings. The number of hydrogen-bond acceptors (Lipinski definition) is 1. The lowest BCUT2D eigenvalue weighted by molar-refractivity contribution is 0.525. The molecule has 88 valence electrons. The highest BCUT2D eigenvalue weighted by Gasteiger charge is 2.32. The first-order valence-corrected chi connectivity index (χ1v) is 6.55. The molecule has 0 amide bonds. The Morgan fingerprint density at radius 2 is 2.25 bits per heavy atom. The van der Waals surface area contributed by atoms with Crippen LogP contribution in [0.5, 0.6) is 0 Å². The van der Waals surface area contributed by atoms with Crippen LogP contribution in [0, 0.1) is 11.7 Å². The molecule has 0 aliphatic heterocycles. The molecule has 0 heterocycles.